The van der Waals surface area contributed by atoms with Gasteiger partial charge in [-0.3, -0.25) is 14.9 Å². The Kier molecular flexibility index (Phi) is 8.41. The van der Waals surface area contributed by atoms with Gasteiger partial charge in [0.25, 0.3) is 5.69 Å². The van der Waals surface area contributed by atoms with E-state index >= 15 is 0 Å². The number of benzene rings is 1. The summed E-state index contributed by atoms with van der Waals surface area (Å²) in [7, 11) is 1.64. The molecule has 0 aliphatic rings. The number of non-ortho nitro benzene ring substituents is 1. The molecule has 0 saturated carbocycles. The van der Waals surface area contributed by atoms with Crippen molar-refractivity contribution in [2.24, 2.45) is 0 Å². The van der Waals surface area contributed by atoms with Crippen LogP contribution in [-0.4, -0.2) is 49.9 Å². The molecule has 1 amide bonds. The van der Waals surface area contributed by atoms with Crippen molar-refractivity contribution in [3.05, 3.63) is 34.4 Å². The number of carbonyl (C=O) groups is 1. The molecule has 0 fully saturated rings. The average Bonchev–Trinajstić information content (AvgIpc) is 2.49. The Labute approximate surface area is 127 Å². The third-order valence-electron chi connectivity index (χ3n) is 2.52. The van der Waals surface area contributed by atoms with Crippen LogP contribution in [0, 0.1) is 10.1 Å². The Morgan fingerprint density at radius 3 is 2.62 bits per heavy atom. The molecule has 0 saturated heterocycles. The van der Waals surface area contributed by atoms with E-state index in [4.69, 9.17) is 4.74 Å². The van der Waals surface area contributed by atoms with Gasteiger partial charge in [0.05, 0.1) is 17.3 Å². The molecule has 7 nitrogen and oxygen atoms in total. The molecule has 1 aromatic carbocycles. The molecular formula is C13H19N3O4S. The molecule has 0 radical (unpaired) electrons. The second-order valence-electron chi connectivity index (χ2n) is 4.13. The maximum Gasteiger partial charge on any atom is 0.269 e. The van der Waals surface area contributed by atoms with Gasteiger partial charge in [-0.25, -0.2) is 0 Å². The monoisotopic (exact) mass is 313 g/mol. The Morgan fingerprint density at radius 1 is 1.29 bits per heavy atom. The van der Waals surface area contributed by atoms with Crippen molar-refractivity contribution < 1.29 is 14.5 Å². The molecule has 0 heterocycles. The highest BCUT2D eigenvalue weighted by Gasteiger charge is 2.06. The minimum atomic E-state index is -0.447. The Hall–Kier alpha value is -1.64. The Morgan fingerprint density at radius 2 is 2.00 bits per heavy atom. The molecule has 0 aliphatic heterocycles. The van der Waals surface area contributed by atoms with Crippen molar-refractivity contribution >= 4 is 23.4 Å². The highest BCUT2D eigenvalue weighted by Crippen LogP contribution is 2.20. The highest BCUT2D eigenvalue weighted by atomic mass is 32.2. The van der Waals surface area contributed by atoms with E-state index in [9.17, 15) is 14.9 Å². The molecule has 2 N–H and O–H groups in total. The fourth-order valence-corrected chi connectivity index (χ4v) is 2.18. The predicted octanol–water partition coefficient (Wildman–Crippen LogP) is 1.04. The number of nitro groups is 1. The average molecular weight is 313 g/mol. The number of thioether (sulfide) groups is 1. The number of nitro benzene ring substituents is 1. The number of nitrogens with zero attached hydrogens (tertiary/aromatic N) is 1. The van der Waals surface area contributed by atoms with Crippen molar-refractivity contribution in [3.63, 3.8) is 0 Å². The van der Waals surface area contributed by atoms with Crippen LogP contribution in [0.5, 0.6) is 0 Å². The van der Waals surface area contributed by atoms with Crippen LogP contribution in [0.4, 0.5) is 5.69 Å². The molecule has 0 aliphatic carbocycles. The van der Waals surface area contributed by atoms with Crippen LogP contribution in [0.2, 0.25) is 0 Å². The standard InChI is InChI=1S/C13H19N3O4S/c1-20-9-8-14-6-7-15-13(17)10-21-12-4-2-11(3-5-12)16(18)19/h2-5,14H,6-10H2,1H3,(H,15,17). The lowest BCUT2D eigenvalue weighted by Crippen LogP contribution is -2.33. The number of methoxy groups -OCH3 is 1. The van der Waals surface area contributed by atoms with Crippen molar-refractivity contribution in [2.75, 3.05) is 39.1 Å². The van der Waals surface area contributed by atoms with Crippen molar-refractivity contribution in [2.45, 2.75) is 4.90 Å². The Balaban J connectivity index is 2.16. The van der Waals surface area contributed by atoms with Gasteiger partial charge in [-0.2, -0.15) is 0 Å². The largest absolute Gasteiger partial charge is 0.383 e. The molecule has 116 valence electrons. The van der Waals surface area contributed by atoms with Gasteiger partial charge in [-0.1, -0.05) is 0 Å². The molecule has 0 spiro atoms. The van der Waals surface area contributed by atoms with Crippen molar-refractivity contribution in [3.8, 4) is 0 Å². The number of nitrogens with one attached hydrogen (secondary N) is 2. The molecule has 0 unspecified atom stereocenters. The molecule has 21 heavy (non-hydrogen) atoms. The summed E-state index contributed by atoms with van der Waals surface area (Å²) in [6.07, 6.45) is 0. The summed E-state index contributed by atoms with van der Waals surface area (Å²) >= 11 is 1.35. The first-order valence-electron chi connectivity index (χ1n) is 6.47. The van der Waals surface area contributed by atoms with Crippen LogP contribution in [0.15, 0.2) is 29.2 Å². The first-order valence-corrected chi connectivity index (χ1v) is 7.45. The summed E-state index contributed by atoms with van der Waals surface area (Å²) in [5.41, 5.74) is 0.0472. The number of amides is 1. The van der Waals surface area contributed by atoms with Gasteiger partial charge in [-0.05, 0) is 12.1 Å². The zero-order chi connectivity index (χ0) is 15.5. The fraction of sp³-hybridized carbons (Fsp3) is 0.462. The minimum Gasteiger partial charge on any atom is -0.383 e. The van der Waals surface area contributed by atoms with Crippen molar-refractivity contribution in [1.29, 1.82) is 0 Å². The van der Waals surface area contributed by atoms with E-state index in [1.165, 1.54) is 23.9 Å². The first kappa shape index (κ1) is 17.4. The number of rotatable bonds is 10. The van der Waals surface area contributed by atoms with E-state index in [1.807, 2.05) is 0 Å². The number of hydrogen-bond donors (Lipinski definition) is 2. The molecule has 1 rings (SSSR count). The molecule has 0 aromatic heterocycles. The number of hydrogen-bond acceptors (Lipinski definition) is 6. The van der Waals surface area contributed by atoms with E-state index in [2.05, 4.69) is 10.6 Å². The van der Waals surface area contributed by atoms with Gasteiger partial charge in [0.2, 0.25) is 5.91 Å². The molecule has 1 aromatic rings. The molecule has 0 atom stereocenters. The zero-order valence-corrected chi connectivity index (χ0v) is 12.6. The van der Waals surface area contributed by atoms with E-state index in [1.54, 1.807) is 19.2 Å². The van der Waals surface area contributed by atoms with Gasteiger partial charge >= 0.3 is 0 Å². The zero-order valence-electron chi connectivity index (χ0n) is 11.8. The van der Waals surface area contributed by atoms with E-state index in [0.717, 1.165) is 11.4 Å². The van der Waals surface area contributed by atoms with E-state index in [0.29, 0.717) is 19.7 Å². The van der Waals surface area contributed by atoms with Crippen LogP contribution in [0.3, 0.4) is 0 Å². The van der Waals surface area contributed by atoms with Crippen LogP contribution in [0.1, 0.15) is 0 Å². The van der Waals surface area contributed by atoms with Gasteiger partial charge in [0, 0.05) is 43.8 Å². The van der Waals surface area contributed by atoms with Crippen molar-refractivity contribution in [1.82, 2.24) is 10.6 Å². The highest BCUT2D eigenvalue weighted by molar-refractivity contribution is 8.00. The molecular weight excluding hydrogens is 294 g/mol. The number of carbonyl (C=O) groups excluding carboxylic acids is 1. The Bertz CT molecular complexity index is 453. The number of ether oxygens (including phenoxy) is 1. The lowest BCUT2D eigenvalue weighted by Gasteiger charge is -2.06. The van der Waals surface area contributed by atoms with Gasteiger partial charge in [-0.15, -0.1) is 11.8 Å². The SMILES string of the molecule is COCCNCCNC(=O)CSc1ccc([N+](=O)[O-])cc1. The van der Waals surface area contributed by atoms with E-state index < -0.39 is 4.92 Å². The third-order valence-corrected chi connectivity index (χ3v) is 3.54. The first-order chi connectivity index (χ1) is 10.1. The summed E-state index contributed by atoms with van der Waals surface area (Å²) in [4.78, 5) is 22.5. The molecule has 8 heteroatoms. The predicted molar refractivity (Wildman–Crippen MR) is 81.6 cm³/mol. The fourth-order valence-electron chi connectivity index (χ4n) is 1.45. The summed E-state index contributed by atoms with van der Waals surface area (Å²) < 4.78 is 4.88. The lowest BCUT2D eigenvalue weighted by atomic mass is 10.3. The normalized spacial score (nSPS) is 10.3. The third kappa shape index (κ3) is 7.64. The second-order valence-corrected chi connectivity index (χ2v) is 5.18. The quantitative estimate of drug-likeness (QED) is 0.290. The topological polar surface area (TPSA) is 93.5 Å². The minimum absolute atomic E-state index is 0.0472. The second kappa shape index (κ2) is 10.1. The summed E-state index contributed by atoms with van der Waals surface area (Å²) in [6.45, 7) is 2.65. The van der Waals surface area contributed by atoms with Crippen LogP contribution < -0.4 is 10.6 Å². The van der Waals surface area contributed by atoms with Gasteiger partial charge in [0.1, 0.15) is 0 Å². The maximum absolute atomic E-state index is 11.6. The van der Waals surface area contributed by atoms with Gasteiger partial charge in [0.15, 0.2) is 0 Å². The van der Waals surface area contributed by atoms with Crippen LogP contribution >= 0.6 is 11.8 Å². The van der Waals surface area contributed by atoms with E-state index in [-0.39, 0.29) is 17.3 Å². The lowest BCUT2D eigenvalue weighted by molar-refractivity contribution is -0.384. The summed E-state index contributed by atoms with van der Waals surface area (Å²) in [6, 6.07) is 6.14. The van der Waals surface area contributed by atoms with Gasteiger partial charge < -0.3 is 15.4 Å². The maximum atomic E-state index is 11.6. The van der Waals surface area contributed by atoms with Crippen LogP contribution in [-0.2, 0) is 9.53 Å². The summed E-state index contributed by atoms with van der Waals surface area (Å²) in [5.74, 6) is 0.225. The molecule has 0 bridgehead atoms. The smallest absolute Gasteiger partial charge is 0.269 e. The van der Waals surface area contributed by atoms with Crippen LogP contribution in [0.25, 0.3) is 0 Å². The summed E-state index contributed by atoms with van der Waals surface area (Å²) in [5, 5.41) is 16.4.